The van der Waals surface area contributed by atoms with Crippen molar-refractivity contribution in [3.8, 4) is 11.3 Å². The van der Waals surface area contributed by atoms with Gasteiger partial charge < -0.3 is 4.74 Å². The van der Waals surface area contributed by atoms with Gasteiger partial charge in [0.05, 0.1) is 36.6 Å². The second-order valence-corrected chi connectivity index (χ2v) is 8.91. The van der Waals surface area contributed by atoms with Crippen LogP contribution in [0.1, 0.15) is 5.56 Å². The molecule has 1 fully saturated rings. The first-order valence-corrected chi connectivity index (χ1v) is 11.8. The monoisotopic (exact) mass is 515 g/mol. The number of nitro benzene ring substituents is 1. The second-order valence-electron chi connectivity index (χ2n) is 7.15. The zero-order chi connectivity index (χ0) is 22.3. The highest BCUT2D eigenvalue weighted by molar-refractivity contribution is 9.10. The third-order valence-corrected chi connectivity index (χ3v) is 6.38. The lowest BCUT2D eigenvalue weighted by Crippen LogP contribution is -2.38. The average molecular weight is 516 g/mol. The molecular weight excluding hydrogens is 494 g/mol. The minimum absolute atomic E-state index is 0.0444. The molecule has 1 aliphatic heterocycles. The van der Waals surface area contributed by atoms with Crippen molar-refractivity contribution >= 4 is 39.2 Å². The summed E-state index contributed by atoms with van der Waals surface area (Å²) in [7, 11) is 0. The van der Waals surface area contributed by atoms with Gasteiger partial charge in [-0.15, -0.1) is 11.3 Å². The fourth-order valence-corrected chi connectivity index (χ4v) is 4.41. The summed E-state index contributed by atoms with van der Waals surface area (Å²) in [6.45, 7) is 4.84. The lowest BCUT2D eigenvalue weighted by atomic mass is 10.1. The van der Waals surface area contributed by atoms with Crippen molar-refractivity contribution < 1.29 is 9.66 Å². The molecule has 3 aromatic rings. The molecule has 4 rings (SSSR count). The summed E-state index contributed by atoms with van der Waals surface area (Å²) in [5.41, 5.74) is 2.47. The Morgan fingerprint density at radius 2 is 1.97 bits per heavy atom. The smallest absolute Gasteiger partial charge is 0.270 e. The molecule has 0 amide bonds. The van der Waals surface area contributed by atoms with Crippen LogP contribution >= 0.6 is 27.3 Å². The van der Waals surface area contributed by atoms with Crippen LogP contribution < -0.4 is 4.80 Å². The SMILES string of the molecule is O=[N+]([O-])c1cccc(-c2csc(=NCCN3CCOCC3)n2/N=C\c2ccc(Br)cc2)c1. The van der Waals surface area contributed by atoms with Crippen molar-refractivity contribution in [1.82, 2.24) is 9.58 Å². The predicted octanol–water partition coefficient (Wildman–Crippen LogP) is 4.00. The lowest BCUT2D eigenvalue weighted by Gasteiger charge is -2.25. The Labute approximate surface area is 197 Å². The molecule has 0 bridgehead atoms. The maximum absolute atomic E-state index is 11.2. The number of hydrogen-bond donors (Lipinski definition) is 0. The molecule has 166 valence electrons. The Balaban J connectivity index is 1.66. The number of hydrogen-bond acceptors (Lipinski definition) is 7. The van der Waals surface area contributed by atoms with Gasteiger partial charge in [-0.2, -0.15) is 5.10 Å². The van der Waals surface area contributed by atoms with E-state index in [0.717, 1.165) is 58.9 Å². The third-order valence-electron chi connectivity index (χ3n) is 5.00. The highest BCUT2D eigenvalue weighted by Gasteiger charge is 2.13. The molecule has 0 atom stereocenters. The van der Waals surface area contributed by atoms with Crippen molar-refractivity contribution in [2.24, 2.45) is 10.1 Å². The fourth-order valence-electron chi connectivity index (χ4n) is 3.28. The number of benzene rings is 2. The van der Waals surface area contributed by atoms with Crippen molar-refractivity contribution in [2.75, 3.05) is 39.4 Å². The van der Waals surface area contributed by atoms with Gasteiger partial charge in [-0.25, -0.2) is 4.68 Å². The average Bonchev–Trinajstić information content (AvgIpc) is 3.22. The van der Waals surface area contributed by atoms with E-state index in [1.54, 1.807) is 23.0 Å². The minimum Gasteiger partial charge on any atom is -0.379 e. The van der Waals surface area contributed by atoms with Gasteiger partial charge in [0.2, 0.25) is 4.80 Å². The number of nitro groups is 1. The molecular formula is C22H22BrN5O3S. The Morgan fingerprint density at radius 1 is 1.19 bits per heavy atom. The van der Waals surface area contributed by atoms with Gasteiger partial charge in [0, 0.05) is 47.2 Å². The Hall–Kier alpha value is -2.66. The summed E-state index contributed by atoms with van der Waals surface area (Å²) in [4.78, 5) is 18.7. The highest BCUT2D eigenvalue weighted by Crippen LogP contribution is 2.24. The van der Waals surface area contributed by atoms with Crippen molar-refractivity contribution in [3.63, 3.8) is 0 Å². The van der Waals surface area contributed by atoms with E-state index in [-0.39, 0.29) is 10.6 Å². The number of thiazole rings is 1. The molecule has 2 aromatic carbocycles. The van der Waals surface area contributed by atoms with Crippen LogP contribution in [0.25, 0.3) is 11.3 Å². The van der Waals surface area contributed by atoms with Crippen LogP contribution in [-0.2, 0) is 4.74 Å². The summed E-state index contributed by atoms with van der Waals surface area (Å²) >= 11 is 4.91. The topological polar surface area (TPSA) is 85.3 Å². The molecule has 2 heterocycles. The Kier molecular flexibility index (Phi) is 7.59. The van der Waals surface area contributed by atoms with Gasteiger partial charge in [-0.1, -0.05) is 40.2 Å². The number of aromatic nitrogens is 1. The summed E-state index contributed by atoms with van der Waals surface area (Å²) < 4.78 is 8.15. The van der Waals surface area contributed by atoms with Crippen LogP contribution in [-0.4, -0.2) is 60.1 Å². The van der Waals surface area contributed by atoms with Gasteiger partial charge in [0.15, 0.2) is 0 Å². The highest BCUT2D eigenvalue weighted by atomic mass is 79.9. The number of ether oxygens (including phenoxy) is 1. The molecule has 1 saturated heterocycles. The van der Waals surface area contributed by atoms with Crippen LogP contribution in [0.5, 0.6) is 0 Å². The van der Waals surface area contributed by atoms with Crippen LogP contribution in [0, 0.1) is 10.1 Å². The zero-order valence-electron chi connectivity index (χ0n) is 17.3. The molecule has 0 saturated carbocycles. The first-order chi connectivity index (χ1) is 15.6. The second kappa shape index (κ2) is 10.8. The molecule has 0 radical (unpaired) electrons. The van der Waals surface area contributed by atoms with E-state index in [1.165, 1.54) is 17.4 Å². The summed E-state index contributed by atoms with van der Waals surface area (Å²) in [6, 6.07) is 14.4. The fraction of sp³-hybridized carbons (Fsp3) is 0.273. The molecule has 0 aliphatic carbocycles. The number of halogens is 1. The number of non-ortho nitro benzene ring substituents is 1. The van der Waals surface area contributed by atoms with E-state index >= 15 is 0 Å². The maximum Gasteiger partial charge on any atom is 0.270 e. The van der Waals surface area contributed by atoms with Crippen molar-refractivity contribution in [2.45, 2.75) is 0 Å². The lowest BCUT2D eigenvalue weighted by molar-refractivity contribution is -0.384. The summed E-state index contributed by atoms with van der Waals surface area (Å²) in [5, 5.41) is 17.8. The Bertz CT molecular complexity index is 1170. The van der Waals surface area contributed by atoms with Crippen LogP contribution in [0.15, 0.2) is 68.5 Å². The molecule has 0 unspecified atom stereocenters. The first kappa shape index (κ1) is 22.5. The van der Waals surface area contributed by atoms with Gasteiger partial charge in [-0.05, 0) is 17.7 Å². The summed E-state index contributed by atoms with van der Waals surface area (Å²) in [5.74, 6) is 0. The van der Waals surface area contributed by atoms with E-state index in [2.05, 4.69) is 25.9 Å². The quantitative estimate of drug-likeness (QED) is 0.270. The van der Waals surface area contributed by atoms with Crippen molar-refractivity contribution in [1.29, 1.82) is 0 Å². The van der Waals surface area contributed by atoms with Gasteiger partial charge in [-0.3, -0.25) is 20.0 Å². The van der Waals surface area contributed by atoms with Crippen LogP contribution in [0.4, 0.5) is 5.69 Å². The van der Waals surface area contributed by atoms with Gasteiger partial charge >= 0.3 is 0 Å². The molecule has 0 N–H and O–H groups in total. The largest absolute Gasteiger partial charge is 0.379 e. The van der Waals surface area contributed by atoms with Gasteiger partial charge in [0.1, 0.15) is 0 Å². The minimum atomic E-state index is -0.390. The third kappa shape index (κ3) is 5.77. The molecule has 1 aromatic heterocycles. The summed E-state index contributed by atoms with van der Waals surface area (Å²) in [6.07, 6.45) is 1.76. The molecule has 0 spiro atoms. The van der Waals surface area contributed by atoms with E-state index in [1.807, 2.05) is 35.7 Å². The van der Waals surface area contributed by atoms with Crippen LogP contribution in [0.3, 0.4) is 0 Å². The normalized spacial score (nSPS) is 15.5. The van der Waals surface area contributed by atoms with Gasteiger partial charge in [0.25, 0.3) is 5.69 Å². The molecule has 10 heteroatoms. The van der Waals surface area contributed by atoms with Crippen LogP contribution in [0.2, 0.25) is 0 Å². The predicted molar refractivity (Wildman–Crippen MR) is 129 cm³/mol. The standard InChI is InChI=1S/C22H22BrN5O3S/c23-19-6-4-17(5-7-19)15-25-27-21(18-2-1-3-20(14-18)28(29)30)16-32-22(27)24-8-9-26-10-12-31-13-11-26/h1-7,14-16H,8-13H2/b24-22?,25-15-. The van der Waals surface area contributed by atoms with Crippen molar-refractivity contribution in [3.05, 3.63) is 78.9 Å². The number of morpholine rings is 1. The van der Waals surface area contributed by atoms with E-state index in [0.29, 0.717) is 6.54 Å². The zero-order valence-corrected chi connectivity index (χ0v) is 19.7. The van der Waals surface area contributed by atoms with E-state index in [4.69, 9.17) is 9.73 Å². The number of nitrogens with zero attached hydrogens (tertiary/aromatic N) is 5. The number of rotatable bonds is 7. The molecule has 8 nitrogen and oxygen atoms in total. The Morgan fingerprint density at radius 3 is 2.72 bits per heavy atom. The van der Waals surface area contributed by atoms with E-state index < -0.39 is 0 Å². The molecule has 32 heavy (non-hydrogen) atoms. The molecule has 1 aliphatic rings. The maximum atomic E-state index is 11.2. The van der Waals surface area contributed by atoms with E-state index in [9.17, 15) is 10.1 Å². The first-order valence-electron chi connectivity index (χ1n) is 10.2.